The molecule has 3 heterocycles. The number of rotatable bonds is 3. The number of hydrogen-bond acceptors (Lipinski definition) is 3. The number of benzene rings is 1. The average molecular weight is 445 g/mol. The number of amides is 1. The first-order chi connectivity index (χ1) is 13.4. The highest BCUT2D eigenvalue weighted by Crippen LogP contribution is 2.25. The van der Waals surface area contributed by atoms with Crippen LogP contribution in [0.3, 0.4) is 0 Å². The molecule has 1 amide bonds. The summed E-state index contributed by atoms with van der Waals surface area (Å²) in [6.45, 7) is 2.95. The van der Waals surface area contributed by atoms with Gasteiger partial charge < -0.3 is 9.47 Å². The fraction of sp³-hybridized carbons (Fsp3) is 0.381. The molecule has 0 atom stereocenters. The van der Waals surface area contributed by atoms with E-state index < -0.39 is 0 Å². The van der Waals surface area contributed by atoms with Crippen molar-refractivity contribution in [2.45, 2.75) is 45.7 Å². The van der Waals surface area contributed by atoms with Crippen LogP contribution in [-0.2, 0) is 19.5 Å². The standard InChI is InChI=1S/C21H22BrFN4O/c1-13-10-16(19-20(24-13)27-9-5-3-4-6-18(27)25-19)21(28)26(2)12-14-11-15(22)7-8-17(14)23/h7-8,10-11H,3-6,9,12H2,1-2H3. The largest absolute Gasteiger partial charge is 0.337 e. The van der Waals surface area contributed by atoms with Gasteiger partial charge in [-0.15, -0.1) is 0 Å². The van der Waals surface area contributed by atoms with Crippen molar-refractivity contribution in [1.82, 2.24) is 19.4 Å². The summed E-state index contributed by atoms with van der Waals surface area (Å²) >= 11 is 3.36. The molecule has 0 N–H and O–H groups in total. The van der Waals surface area contributed by atoms with E-state index in [0.29, 0.717) is 16.6 Å². The van der Waals surface area contributed by atoms with Crippen LogP contribution in [0.1, 0.15) is 46.7 Å². The van der Waals surface area contributed by atoms with Gasteiger partial charge in [-0.3, -0.25) is 4.79 Å². The maximum absolute atomic E-state index is 14.1. The highest BCUT2D eigenvalue weighted by Gasteiger charge is 2.23. The fourth-order valence-electron chi connectivity index (χ4n) is 3.78. The second kappa shape index (κ2) is 7.62. The lowest BCUT2D eigenvalue weighted by Gasteiger charge is -2.18. The molecule has 5 nitrogen and oxygen atoms in total. The second-order valence-corrected chi connectivity index (χ2v) is 8.29. The van der Waals surface area contributed by atoms with Gasteiger partial charge in [0.1, 0.15) is 17.2 Å². The zero-order chi connectivity index (χ0) is 19.8. The quantitative estimate of drug-likeness (QED) is 0.590. The molecular formula is C21H22BrFN4O. The molecule has 0 saturated heterocycles. The van der Waals surface area contributed by atoms with E-state index in [9.17, 15) is 9.18 Å². The number of imidazole rings is 1. The Hall–Kier alpha value is -2.28. The molecule has 1 aromatic carbocycles. The van der Waals surface area contributed by atoms with Gasteiger partial charge in [-0.1, -0.05) is 22.4 Å². The Balaban J connectivity index is 1.71. The molecular weight excluding hydrogens is 423 g/mol. The summed E-state index contributed by atoms with van der Waals surface area (Å²) in [6.07, 6.45) is 4.29. The fourth-order valence-corrected chi connectivity index (χ4v) is 4.18. The molecule has 0 saturated carbocycles. The predicted octanol–water partition coefficient (Wildman–Crippen LogP) is 4.64. The lowest BCUT2D eigenvalue weighted by molar-refractivity contribution is 0.0785. The van der Waals surface area contributed by atoms with Gasteiger partial charge in [0.15, 0.2) is 5.65 Å². The first-order valence-corrected chi connectivity index (χ1v) is 10.3. The van der Waals surface area contributed by atoms with Crippen LogP contribution in [0.4, 0.5) is 4.39 Å². The number of pyridine rings is 1. The molecule has 0 bridgehead atoms. The molecule has 0 spiro atoms. The van der Waals surface area contributed by atoms with Crippen molar-refractivity contribution in [3.8, 4) is 0 Å². The summed E-state index contributed by atoms with van der Waals surface area (Å²) in [5.74, 6) is 0.496. The first kappa shape index (κ1) is 19.1. The second-order valence-electron chi connectivity index (χ2n) is 7.37. The summed E-state index contributed by atoms with van der Waals surface area (Å²) in [6, 6.07) is 6.53. The van der Waals surface area contributed by atoms with E-state index >= 15 is 0 Å². The van der Waals surface area contributed by atoms with E-state index in [1.165, 1.54) is 17.4 Å². The minimum atomic E-state index is -0.326. The average Bonchev–Trinajstić information content (AvgIpc) is 2.85. The molecule has 4 rings (SSSR count). The number of aromatic nitrogens is 3. The summed E-state index contributed by atoms with van der Waals surface area (Å²) in [7, 11) is 1.69. The van der Waals surface area contributed by atoms with Gasteiger partial charge in [-0.05, 0) is 44.0 Å². The predicted molar refractivity (Wildman–Crippen MR) is 110 cm³/mol. The maximum atomic E-state index is 14.1. The Bertz CT molecular complexity index is 1060. The highest BCUT2D eigenvalue weighted by molar-refractivity contribution is 9.10. The van der Waals surface area contributed by atoms with Gasteiger partial charge in [0, 0.05) is 42.3 Å². The number of carbonyl (C=O) groups is 1. The summed E-state index contributed by atoms with van der Waals surface area (Å²) in [4.78, 5) is 24.2. The van der Waals surface area contributed by atoms with Gasteiger partial charge >= 0.3 is 0 Å². The summed E-state index contributed by atoms with van der Waals surface area (Å²) < 4.78 is 17.1. The van der Waals surface area contributed by atoms with E-state index in [1.54, 1.807) is 25.2 Å². The zero-order valence-corrected chi connectivity index (χ0v) is 17.6. The Kier molecular flexibility index (Phi) is 5.19. The molecule has 2 aromatic heterocycles. The van der Waals surface area contributed by atoms with E-state index in [-0.39, 0.29) is 18.3 Å². The van der Waals surface area contributed by atoms with Crippen LogP contribution >= 0.6 is 15.9 Å². The van der Waals surface area contributed by atoms with Crippen molar-refractivity contribution < 1.29 is 9.18 Å². The van der Waals surface area contributed by atoms with Crippen LogP contribution in [0.2, 0.25) is 0 Å². The monoisotopic (exact) mass is 444 g/mol. The zero-order valence-electron chi connectivity index (χ0n) is 16.0. The molecule has 7 heteroatoms. The SMILES string of the molecule is Cc1cc(C(=O)N(C)Cc2cc(Br)ccc2F)c2nc3n(c2n1)CCCCC3. The Morgan fingerprint density at radius 1 is 1.25 bits per heavy atom. The first-order valence-electron chi connectivity index (χ1n) is 9.50. The lowest BCUT2D eigenvalue weighted by atomic mass is 10.1. The Morgan fingerprint density at radius 2 is 2.07 bits per heavy atom. The number of nitrogens with zero attached hydrogens (tertiary/aromatic N) is 4. The van der Waals surface area contributed by atoms with E-state index in [2.05, 4.69) is 25.5 Å². The summed E-state index contributed by atoms with van der Waals surface area (Å²) in [5.41, 5.74) is 3.20. The Labute approximate surface area is 171 Å². The number of halogens is 2. The number of hydrogen-bond donors (Lipinski definition) is 0. The molecule has 1 aliphatic rings. The third-order valence-electron chi connectivity index (χ3n) is 5.18. The van der Waals surface area contributed by atoms with Crippen molar-refractivity contribution >= 4 is 33.0 Å². The maximum Gasteiger partial charge on any atom is 0.256 e. The molecule has 0 aliphatic carbocycles. The van der Waals surface area contributed by atoms with Crippen molar-refractivity contribution in [3.63, 3.8) is 0 Å². The molecule has 0 radical (unpaired) electrons. The van der Waals surface area contributed by atoms with Gasteiger partial charge in [-0.25, -0.2) is 14.4 Å². The van der Waals surface area contributed by atoms with Crippen LogP contribution in [-0.4, -0.2) is 32.4 Å². The van der Waals surface area contributed by atoms with Gasteiger partial charge in [0.25, 0.3) is 5.91 Å². The Morgan fingerprint density at radius 3 is 2.89 bits per heavy atom. The smallest absolute Gasteiger partial charge is 0.256 e. The third-order valence-corrected chi connectivity index (χ3v) is 5.68. The van der Waals surface area contributed by atoms with Crippen LogP contribution in [0.5, 0.6) is 0 Å². The number of carbonyl (C=O) groups excluding carboxylic acids is 1. The van der Waals surface area contributed by atoms with Crippen LogP contribution in [0.15, 0.2) is 28.7 Å². The van der Waals surface area contributed by atoms with Crippen molar-refractivity contribution in [1.29, 1.82) is 0 Å². The van der Waals surface area contributed by atoms with Crippen molar-refractivity contribution in [2.75, 3.05) is 7.05 Å². The van der Waals surface area contributed by atoms with Gasteiger partial charge in [0.2, 0.25) is 0 Å². The minimum absolute atomic E-state index is 0.178. The minimum Gasteiger partial charge on any atom is -0.337 e. The molecule has 3 aromatic rings. The lowest BCUT2D eigenvalue weighted by Crippen LogP contribution is -2.27. The third kappa shape index (κ3) is 3.55. The number of aryl methyl sites for hydroxylation is 3. The molecule has 146 valence electrons. The van der Waals surface area contributed by atoms with Crippen molar-refractivity contribution in [3.05, 3.63) is 57.2 Å². The van der Waals surface area contributed by atoms with Gasteiger partial charge in [-0.2, -0.15) is 0 Å². The van der Waals surface area contributed by atoms with E-state index in [1.807, 2.05) is 6.92 Å². The molecule has 0 fully saturated rings. The van der Waals surface area contributed by atoms with Crippen molar-refractivity contribution in [2.24, 2.45) is 0 Å². The van der Waals surface area contributed by atoms with Crippen LogP contribution in [0.25, 0.3) is 11.2 Å². The number of fused-ring (bicyclic) bond motifs is 3. The topological polar surface area (TPSA) is 51.0 Å². The molecule has 28 heavy (non-hydrogen) atoms. The summed E-state index contributed by atoms with van der Waals surface area (Å²) in [5, 5.41) is 0. The van der Waals surface area contributed by atoms with Crippen LogP contribution in [0, 0.1) is 12.7 Å². The van der Waals surface area contributed by atoms with E-state index in [4.69, 9.17) is 4.98 Å². The molecule has 0 unspecified atom stereocenters. The molecule has 1 aliphatic heterocycles. The normalized spacial score (nSPS) is 14.0. The van der Waals surface area contributed by atoms with E-state index in [0.717, 1.165) is 47.4 Å². The van der Waals surface area contributed by atoms with Crippen LogP contribution < -0.4 is 0 Å². The van der Waals surface area contributed by atoms with Gasteiger partial charge in [0.05, 0.1) is 5.56 Å². The highest BCUT2D eigenvalue weighted by atomic mass is 79.9.